The van der Waals surface area contributed by atoms with E-state index >= 15 is 0 Å². The largest absolute Gasteiger partial charge is 0.484 e. The third-order valence-corrected chi connectivity index (χ3v) is 4.15. The molecule has 2 atom stereocenters. The Morgan fingerprint density at radius 1 is 1.00 bits per heavy atom. The smallest absolute Gasteiger partial charge is 0.251 e. The van der Waals surface area contributed by atoms with E-state index in [1.54, 1.807) is 29.3 Å². The van der Waals surface area contributed by atoms with Crippen molar-refractivity contribution < 1.29 is 4.74 Å². The molecule has 26 heavy (non-hydrogen) atoms. The van der Waals surface area contributed by atoms with Gasteiger partial charge in [-0.15, -0.1) is 0 Å². The first-order chi connectivity index (χ1) is 12.7. The van der Waals surface area contributed by atoms with Gasteiger partial charge in [0.05, 0.1) is 11.7 Å². The van der Waals surface area contributed by atoms with Crippen LogP contribution in [0, 0.1) is 0 Å². The molecule has 2 N–H and O–H groups in total. The summed E-state index contributed by atoms with van der Waals surface area (Å²) in [5.41, 5.74) is 8.12. The molecule has 0 radical (unpaired) electrons. The Labute approximate surface area is 151 Å². The molecule has 0 bridgehead atoms. The summed E-state index contributed by atoms with van der Waals surface area (Å²) < 4.78 is 7.90. The van der Waals surface area contributed by atoms with Crippen molar-refractivity contribution in [2.45, 2.75) is 19.1 Å². The van der Waals surface area contributed by atoms with Crippen LogP contribution in [0.5, 0.6) is 5.75 Å². The van der Waals surface area contributed by atoms with E-state index in [0.29, 0.717) is 5.95 Å². The summed E-state index contributed by atoms with van der Waals surface area (Å²) in [6, 6.07) is 17.5. The third-order valence-electron chi connectivity index (χ3n) is 4.15. The molecule has 6 nitrogen and oxygen atoms in total. The van der Waals surface area contributed by atoms with Crippen molar-refractivity contribution in [3.05, 3.63) is 78.8 Å². The van der Waals surface area contributed by atoms with E-state index in [1.165, 1.54) is 0 Å². The van der Waals surface area contributed by atoms with Crippen LogP contribution in [0.3, 0.4) is 0 Å². The molecule has 0 aliphatic carbocycles. The second kappa shape index (κ2) is 6.93. The van der Waals surface area contributed by atoms with Gasteiger partial charge in [-0.3, -0.25) is 0 Å². The zero-order valence-electron chi connectivity index (χ0n) is 14.4. The van der Waals surface area contributed by atoms with Crippen LogP contribution in [-0.4, -0.2) is 25.8 Å². The zero-order chi connectivity index (χ0) is 17.9. The maximum atomic E-state index is 6.19. The summed E-state index contributed by atoms with van der Waals surface area (Å²) in [4.78, 5) is 8.49. The highest BCUT2D eigenvalue weighted by molar-refractivity contribution is 5.81. The molecule has 0 fully saturated rings. The van der Waals surface area contributed by atoms with Crippen LogP contribution in [0.15, 0.2) is 73.2 Å². The van der Waals surface area contributed by atoms with E-state index in [-0.39, 0.29) is 12.1 Å². The molecule has 6 heteroatoms. The third kappa shape index (κ3) is 3.14. The normalized spacial score (nSPS) is 13.5. The van der Waals surface area contributed by atoms with Gasteiger partial charge in [-0.25, -0.2) is 9.97 Å². The predicted molar refractivity (Wildman–Crippen MR) is 100 cm³/mol. The first-order valence-electron chi connectivity index (χ1n) is 8.45. The Balaban J connectivity index is 1.66. The van der Waals surface area contributed by atoms with Gasteiger partial charge in [0.15, 0.2) is 0 Å². The highest BCUT2D eigenvalue weighted by Crippen LogP contribution is 2.27. The van der Waals surface area contributed by atoms with Crippen molar-refractivity contribution in [3.63, 3.8) is 0 Å². The number of ether oxygens (including phenoxy) is 1. The maximum Gasteiger partial charge on any atom is 0.251 e. The van der Waals surface area contributed by atoms with Crippen molar-refractivity contribution in [3.8, 4) is 11.7 Å². The molecule has 2 heterocycles. The van der Waals surface area contributed by atoms with Gasteiger partial charge >= 0.3 is 0 Å². The van der Waals surface area contributed by atoms with Crippen molar-refractivity contribution in [1.82, 2.24) is 19.7 Å². The van der Waals surface area contributed by atoms with Gasteiger partial charge in [0.1, 0.15) is 11.9 Å². The number of fused-ring (bicyclic) bond motifs is 1. The molecule has 0 aliphatic rings. The van der Waals surface area contributed by atoms with Gasteiger partial charge < -0.3 is 10.5 Å². The highest BCUT2D eigenvalue weighted by atomic mass is 16.5. The van der Waals surface area contributed by atoms with Gasteiger partial charge in [-0.05, 0) is 36.8 Å². The van der Waals surface area contributed by atoms with E-state index in [9.17, 15) is 0 Å². The SMILES string of the molecule is CC(N)[C@H](Oc1ccc2c(cnn2-c2ncccn2)c1)c1ccccc1. The number of aromatic nitrogens is 4. The van der Waals surface area contributed by atoms with Gasteiger partial charge in [-0.2, -0.15) is 9.78 Å². The molecular formula is C20H19N5O. The van der Waals surface area contributed by atoms with Crippen molar-refractivity contribution in [2.75, 3.05) is 0 Å². The molecule has 2 aromatic heterocycles. The molecule has 0 amide bonds. The first-order valence-corrected chi connectivity index (χ1v) is 8.45. The van der Waals surface area contributed by atoms with Crippen LogP contribution in [0.1, 0.15) is 18.6 Å². The topological polar surface area (TPSA) is 78.9 Å². The highest BCUT2D eigenvalue weighted by Gasteiger charge is 2.18. The van der Waals surface area contributed by atoms with E-state index in [0.717, 1.165) is 22.2 Å². The minimum Gasteiger partial charge on any atom is -0.484 e. The van der Waals surface area contributed by atoms with Crippen molar-refractivity contribution >= 4 is 10.9 Å². The lowest BCUT2D eigenvalue weighted by atomic mass is 10.0. The summed E-state index contributed by atoms with van der Waals surface area (Å²) in [5, 5.41) is 5.34. The van der Waals surface area contributed by atoms with Crippen LogP contribution >= 0.6 is 0 Å². The van der Waals surface area contributed by atoms with E-state index in [4.69, 9.17) is 10.5 Å². The van der Waals surface area contributed by atoms with Gasteiger partial charge in [0.25, 0.3) is 5.95 Å². The first kappa shape index (κ1) is 16.2. The summed E-state index contributed by atoms with van der Waals surface area (Å²) in [6.07, 6.45) is 4.95. The van der Waals surface area contributed by atoms with Gasteiger partial charge in [0.2, 0.25) is 0 Å². The second-order valence-corrected chi connectivity index (χ2v) is 6.13. The number of rotatable bonds is 5. The average molecular weight is 345 g/mol. The van der Waals surface area contributed by atoms with Gasteiger partial charge in [-0.1, -0.05) is 30.3 Å². The lowest BCUT2D eigenvalue weighted by Crippen LogP contribution is -2.29. The quantitative estimate of drug-likeness (QED) is 0.600. The average Bonchev–Trinajstić information content (AvgIpc) is 3.10. The molecular weight excluding hydrogens is 326 g/mol. The van der Waals surface area contributed by atoms with Crippen LogP contribution in [0.2, 0.25) is 0 Å². The number of hydrogen-bond donors (Lipinski definition) is 1. The minimum atomic E-state index is -0.221. The van der Waals surface area contributed by atoms with E-state index in [2.05, 4.69) is 15.1 Å². The van der Waals surface area contributed by atoms with Crippen molar-refractivity contribution in [1.29, 1.82) is 0 Å². The molecule has 0 spiro atoms. The van der Waals surface area contributed by atoms with Crippen LogP contribution < -0.4 is 10.5 Å². The fraction of sp³-hybridized carbons (Fsp3) is 0.150. The predicted octanol–water partition coefficient (Wildman–Crippen LogP) is 3.28. The fourth-order valence-corrected chi connectivity index (χ4v) is 2.91. The summed E-state index contributed by atoms with van der Waals surface area (Å²) in [6.45, 7) is 1.95. The van der Waals surface area contributed by atoms with Gasteiger partial charge in [0, 0.05) is 23.8 Å². The number of benzene rings is 2. The lowest BCUT2D eigenvalue weighted by Gasteiger charge is -2.23. The van der Waals surface area contributed by atoms with E-state index < -0.39 is 0 Å². The van der Waals surface area contributed by atoms with E-state index in [1.807, 2.05) is 55.5 Å². The number of nitrogens with two attached hydrogens (primary N) is 1. The Kier molecular flexibility index (Phi) is 4.33. The summed E-state index contributed by atoms with van der Waals surface area (Å²) >= 11 is 0. The van der Waals surface area contributed by atoms with Crippen molar-refractivity contribution in [2.24, 2.45) is 5.73 Å². The maximum absolute atomic E-state index is 6.19. The van der Waals surface area contributed by atoms with Crippen LogP contribution in [0.4, 0.5) is 0 Å². The molecule has 130 valence electrons. The number of nitrogens with zero attached hydrogens (tertiary/aromatic N) is 4. The monoisotopic (exact) mass is 345 g/mol. The molecule has 4 aromatic rings. The Morgan fingerprint density at radius 2 is 1.77 bits per heavy atom. The zero-order valence-corrected chi connectivity index (χ0v) is 14.4. The molecule has 2 aromatic carbocycles. The summed E-state index contributed by atoms with van der Waals surface area (Å²) in [5.74, 6) is 1.28. The molecule has 4 rings (SSSR count). The molecule has 0 saturated heterocycles. The molecule has 0 aliphatic heterocycles. The Hall–Kier alpha value is -3.25. The molecule has 0 saturated carbocycles. The minimum absolute atomic E-state index is 0.145. The molecule has 1 unspecified atom stereocenters. The second-order valence-electron chi connectivity index (χ2n) is 6.13. The fourth-order valence-electron chi connectivity index (χ4n) is 2.91. The Bertz CT molecular complexity index is 999. The number of hydrogen-bond acceptors (Lipinski definition) is 5. The lowest BCUT2D eigenvalue weighted by molar-refractivity contribution is 0.180. The van der Waals surface area contributed by atoms with Crippen LogP contribution in [-0.2, 0) is 0 Å². The Morgan fingerprint density at radius 3 is 2.50 bits per heavy atom. The summed E-state index contributed by atoms with van der Waals surface area (Å²) in [7, 11) is 0. The standard InChI is InChI=1S/C20H19N5O/c1-14(21)19(15-6-3-2-4-7-15)26-17-8-9-18-16(12-17)13-24-25(18)20-22-10-5-11-23-20/h2-14,19H,21H2,1H3/t14?,19-/m0/s1. The van der Waals surface area contributed by atoms with Crippen LogP contribution in [0.25, 0.3) is 16.9 Å².